The number of imidazole rings is 1. The zero-order chi connectivity index (χ0) is 14.4. The number of nitrogens with zero attached hydrogens (tertiary/aromatic N) is 2. The minimum Gasteiger partial charge on any atom is -0.374 e. The molecule has 6 nitrogen and oxygen atoms in total. The molecule has 0 aliphatic carbocycles. The van der Waals surface area contributed by atoms with Gasteiger partial charge in [0.25, 0.3) is 10.0 Å². The highest BCUT2D eigenvalue weighted by molar-refractivity contribution is 7.89. The Hall–Kier alpha value is -0.670. The molecule has 0 radical (unpaired) electrons. The fraction of sp³-hybridized carbons (Fsp3) is 0.545. The highest BCUT2D eigenvalue weighted by Crippen LogP contribution is 2.27. The van der Waals surface area contributed by atoms with Crippen molar-refractivity contribution in [1.29, 1.82) is 0 Å². The topological polar surface area (TPSA) is 72.7 Å². The second-order valence-electron chi connectivity index (χ2n) is 4.99. The third kappa shape index (κ3) is 2.46. The molecule has 1 fully saturated rings. The van der Waals surface area contributed by atoms with Gasteiger partial charge in [-0.15, -0.1) is 11.3 Å². The van der Waals surface area contributed by atoms with Crippen LogP contribution < -0.4 is 4.72 Å². The maximum atomic E-state index is 12.4. The van der Waals surface area contributed by atoms with Crippen LogP contribution in [-0.2, 0) is 14.8 Å². The summed E-state index contributed by atoms with van der Waals surface area (Å²) in [6, 6.07) is 0. The normalized spacial score (nSPS) is 23.7. The summed E-state index contributed by atoms with van der Waals surface area (Å²) in [7, 11) is -3.72. The summed E-state index contributed by atoms with van der Waals surface area (Å²) in [5.74, 6) is 0. The van der Waals surface area contributed by atoms with Gasteiger partial charge in [-0.3, -0.25) is 4.40 Å². The summed E-state index contributed by atoms with van der Waals surface area (Å²) in [6.07, 6.45) is 3.42. The van der Waals surface area contributed by atoms with Crippen molar-refractivity contribution in [1.82, 2.24) is 14.1 Å². The van der Waals surface area contributed by atoms with Crippen molar-refractivity contribution in [2.24, 2.45) is 0 Å². The molecule has 0 amide bonds. The Balaban J connectivity index is 1.88. The van der Waals surface area contributed by atoms with Gasteiger partial charge in [0, 0.05) is 24.7 Å². The Bertz CT molecular complexity index is 731. The van der Waals surface area contributed by atoms with Crippen LogP contribution in [-0.4, -0.2) is 36.6 Å². The van der Waals surface area contributed by atoms with E-state index in [0.717, 1.165) is 12.8 Å². The lowest BCUT2D eigenvalue weighted by Gasteiger charge is -2.23. The number of hydrogen-bond acceptors (Lipinski definition) is 5. The zero-order valence-electron chi connectivity index (χ0n) is 10.8. The first-order valence-corrected chi connectivity index (χ1v) is 8.90. The van der Waals surface area contributed by atoms with Crippen LogP contribution in [0.25, 0.3) is 4.96 Å². The first-order valence-electron chi connectivity index (χ1n) is 6.16. The van der Waals surface area contributed by atoms with Crippen molar-refractivity contribution in [2.75, 3.05) is 13.2 Å². The zero-order valence-corrected chi connectivity index (χ0v) is 13.2. The minimum absolute atomic E-state index is 0.0122. The Morgan fingerprint density at radius 3 is 3.15 bits per heavy atom. The molecule has 0 bridgehead atoms. The van der Waals surface area contributed by atoms with Gasteiger partial charge in [0.1, 0.15) is 0 Å². The van der Waals surface area contributed by atoms with Crippen molar-refractivity contribution >= 4 is 37.9 Å². The molecule has 1 aliphatic rings. The standard InChI is InChI=1S/C11H14ClN3O3S2/c1-11(3-2-5-18-11)7-13-20(16,17)9-8(12)14-10-15(9)4-6-19-10/h4,6,13H,2-3,5,7H2,1H3. The summed E-state index contributed by atoms with van der Waals surface area (Å²) in [5.41, 5.74) is -0.446. The van der Waals surface area contributed by atoms with E-state index in [9.17, 15) is 8.42 Å². The van der Waals surface area contributed by atoms with E-state index in [4.69, 9.17) is 16.3 Å². The minimum atomic E-state index is -3.72. The Kier molecular flexibility index (Phi) is 3.54. The van der Waals surface area contributed by atoms with E-state index in [0.29, 0.717) is 11.6 Å². The second-order valence-corrected chi connectivity index (χ2v) is 7.90. The van der Waals surface area contributed by atoms with Gasteiger partial charge in [0.05, 0.1) is 5.60 Å². The number of fused-ring (bicyclic) bond motifs is 1. The number of ether oxygens (including phenoxy) is 1. The maximum Gasteiger partial charge on any atom is 0.259 e. The Morgan fingerprint density at radius 2 is 2.45 bits per heavy atom. The molecule has 1 saturated heterocycles. The van der Waals surface area contributed by atoms with Crippen LogP contribution in [0.3, 0.4) is 0 Å². The molecular formula is C11H14ClN3O3S2. The fourth-order valence-electron chi connectivity index (χ4n) is 2.27. The quantitative estimate of drug-likeness (QED) is 0.926. The van der Waals surface area contributed by atoms with E-state index in [2.05, 4.69) is 9.71 Å². The second kappa shape index (κ2) is 4.96. The van der Waals surface area contributed by atoms with Gasteiger partial charge >= 0.3 is 0 Å². The first kappa shape index (κ1) is 14.3. The van der Waals surface area contributed by atoms with E-state index < -0.39 is 15.6 Å². The van der Waals surface area contributed by atoms with Crippen LogP contribution in [0, 0.1) is 0 Å². The van der Waals surface area contributed by atoms with Gasteiger partial charge in [-0.05, 0) is 19.8 Å². The summed E-state index contributed by atoms with van der Waals surface area (Å²) in [5, 5.41) is 1.73. The number of halogens is 1. The van der Waals surface area contributed by atoms with Crippen molar-refractivity contribution in [3.8, 4) is 0 Å². The van der Waals surface area contributed by atoms with Crippen LogP contribution in [0.1, 0.15) is 19.8 Å². The summed E-state index contributed by atoms with van der Waals surface area (Å²) < 4.78 is 34.5. The molecule has 0 aromatic carbocycles. The van der Waals surface area contributed by atoms with Gasteiger partial charge < -0.3 is 4.74 Å². The van der Waals surface area contributed by atoms with Crippen molar-refractivity contribution < 1.29 is 13.2 Å². The van der Waals surface area contributed by atoms with Crippen molar-refractivity contribution in [2.45, 2.75) is 30.4 Å². The molecule has 20 heavy (non-hydrogen) atoms. The third-order valence-electron chi connectivity index (χ3n) is 3.37. The van der Waals surface area contributed by atoms with Crippen molar-refractivity contribution in [3.63, 3.8) is 0 Å². The van der Waals surface area contributed by atoms with Gasteiger partial charge in [0.2, 0.25) is 0 Å². The molecule has 3 heterocycles. The Labute approximate surface area is 125 Å². The molecular weight excluding hydrogens is 322 g/mol. The smallest absolute Gasteiger partial charge is 0.259 e. The predicted octanol–water partition coefficient (Wildman–Crippen LogP) is 1.90. The number of rotatable bonds is 4. The average molecular weight is 336 g/mol. The lowest BCUT2D eigenvalue weighted by Crippen LogP contribution is -2.40. The van der Waals surface area contributed by atoms with Gasteiger partial charge in [-0.1, -0.05) is 11.6 Å². The van der Waals surface area contributed by atoms with Crippen LogP contribution in [0.15, 0.2) is 16.6 Å². The van der Waals surface area contributed by atoms with Gasteiger partial charge in [0.15, 0.2) is 15.1 Å². The molecule has 110 valence electrons. The van der Waals surface area contributed by atoms with Gasteiger partial charge in [-0.25, -0.2) is 18.1 Å². The van der Waals surface area contributed by atoms with E-state index in [1.807, 2.05) is 6.92 Å². The molecule has 0 saturated carbocycles. The summed E-state index contributed by atoms with van der Waals surface area (Å²) in [4.78, 5) is 4.59. The number of nitrogens with one attached hydrogen (secondary N) is 1. The summed E-state index contributed by atoms with van der Waals surface area (Å²) >= 11 is 7.28. The molecule has 2 aromatic rings. The van der Waals surface area contributed by atoms with E-state index in [-0.39, 0.29) is 16.7 Å². The molecule has 1 aliphatic heterocycles. The number of sulfonamides is 1. The maximum absolute atomic E-state index is 12.4. The number of thiazole rings is 1. The molecule has 1 N–H and O–H groups in total. The fourth-order valence-corrected chi connectivity index (χ4v) is 4.87. The highest BCUT2D eigenvalue weighted by atomic mass is 35.5. The monoisotopic (exact) mass is 335 g/mol. The number of aromatic nitrogens is 2. The van der Waals surface area contributed by atoms with Gasteiger partial charge in [-0.2, -0.15) is 0 Å². The molecule has 1 atom stereocenters. The summed E-state index contributed by atoms with van der Waals surface area (Å²) in [6.45, 7) is 2.80. The Morgan fingerprint density at radius 1 is 1.65 bits per heavy atom. The molecule has 0 spiro atoms. The van der Waals surface area contributed by atoms with Crippen LogP contribution in [0.2, 0.25) is 5.15 Å². The molecule has 1 unspecified atom stereocenters. The third-order valence-corrected chi connectivity index (χ3v) is 5.93. The number of hydrogen-bond donors (Lipinski definition) is 1. The molecule has 9 heteroatoms. The average Bonchev–Trinajstić information content (AvgIpc) is 3.03. The SMILES string of the molecule is CC1(CNS(=O)(=O)c2c(Cl)nc3sccn23)CCCO1. The largest absolute Gasteiger partial charge is 0.374 e. The molecule has 3 rings (SSSR count). The van der Waals surface area contributed by atoms with Crippen LogP contribution >= 0.6 is 22.9 Å². The lowest BCUT2D eigenvalue weighted by atomic mass is 10.0. The van der Waals surface area contributed by atoms with E-state index in [1.54, 1.807) is 11.6 Å². The highest BCUT2D eigenvalue weighted by Gasteiger charge is 2.33. The van der Waals surface area contributed by atoms with Crippen LogP contribution in [0.5, 0.6) is 0 Å². The van der Waals surface area contributed by atoms with Crippen LogP contribution in [0.4, 0.5) is 0 Å². The lowest BCUT2D eigenvalue weighted by molar-refractivity contribution is 0.0250. The predicted molar refractivity (Wildman–Crippen MR) is 76.9 cm³/mol. The molecule has 2 aromatic heterocycles. The van der Waals surface area contributed by atoms with Crippen molar-refractivity contribution in [3.05, 3.63) is 16.7 Å². The first-order chi connectivity index (χ1) is 9.41. The van der Waals surface area contributed by atoms with E-state index in [1.165, 1.54) is 15.7 Å². The van der Waals surface area contributed by atoms with E-state index >= 15 is 0 Å².